The number of carbonyl (C=O) groups is 2. The molecule has 0 saturated carbocycles. The van der Waals surface area contributed by atoms with Crippen molar-refractivity contribution >= 4 is 34.1 Å². The summed E-state index contributed by atoms with van der Waals surface area (Å²) >= 11 is 0. The number of aryl methyl sites for hydroxylation is 1. The molecule has 4 N–H and O–H groups in total. The van der Waals surface area contributed by atoms with Crippen molar-refractivity contribution in [2.75, 3.05) is 87.0 Å². The number of hydrogen-bond donors (Lipinski definition) is 3. The van der Waals surface area contributed by atoms with Crippen molar-refractivity contribution in [1.82, 2.24) is 4.57 Å². The number of methoxy groups -OCH3 is 7. The van der Waals surface area contributed by atoms with Crippen molar-refractivity contribution < 1.29 is 61.7 Å². The number of nitrogens with one attached hydrogen (secondary N) is 2. The van der Waals surface area contributed by atoms with Crippen LogP contribution in [0.2, 0.25) is 0 Å². The van der Waals surface area contributed by atoms with Crippen LogP contribution in [-0.4, -0.2) is 92.7 Å². The van der Waals surface area contributed by atoms with E-state index in [0.717, 1.165) is 68.1 Å². The third kappa shape index (κ3) is 11.8. The van der Waals surface area contributed by atoms with Crippen LogP contribution in [0.15, 0.2) is 108 Å². The molecule has 4 heterocycles. The highest BCUT2D eigenvalue weighted by atomic mass is 16.7. The quantitative estimate of drug-likeness (QED) is 0.0926. The summed E-state index contributed by atoms with van der Waals surface area (Å²) in [4.78, 5) is 37.1. The van der Waals surface area contributed by atoms with E-state index in [0.29, 0.717) is 83.4 Å². The van der Waals surface area contributed by atoms with Crippen molar-refractivity contribution in [3.8, 4) is 74.4 Å². The zero-order valence-electron chi connectivity index (χ0n) is 46.0. The Bertz CT molecular complexity index is 3320. The van der Waals surface area contributed by atoms with E-state index in [1.165, 1.54) is 0 Å². The van der Waals surface area contributed by atoms with Gasteiger partial charge in [0, 0.05) is 94.8 Å². The highest BCUT2D eigenvalue weighted by Gasteiger charge is 2.36. The van der Waals surface area contributed by atoms with Crippen molar-refractivity contribution in [3.05, 3.63) is 136 Å². The molecule has 2 atom stereocenters. The van der Waals surface area contributed by atoms with Crippen LogP contribution < -0.4 is 74.0 Å². The fourth-order valence-electron chi connectivity index (χ4n) is 9.81. The molecule has 0 spiro atoms. The second-order valence-corrected chi connectivity index (χ2v) is 17.6. The third-order valence-corrected chi connectivity index (χ3v) is 13.1. The number of rotatable bonds is 14. The molecule has 1 aromatic heterocycles. The number of para-hydroxylation sites is 3. The van der Waals surface area contributed by atoms with E-state index in [-0.39, 0.29) is 36.0 Å². The fraction of sp³-hybridized carbons (Fsp3) is 0.317. The monoisotopic (exact) mass is 1070 g/mol. The van der Waals surface area contributed by atoms with Gasteiger partial charge in [-0.05, 0) is 44.7 Å². The van der Waals surface area contributed by atoms with Crippen LogP contribution >= 0.6 is 0 Å². The van der Waals surface area contributed by atoms with Gasteiger partial charge in [-0.1, -0.05) is 61.5 Å². The molecule has 0 bridgehead atoms. The van der Waals surface area contributed by atoms with Crippen LogP contribution in [0.5, 0.6) is 63.2 Å². The van der Waals surface area contributed by atoms with Crippen LogP contribution in [-0.2, 0) is 16.6 Å². The molecule has 18 nitrogen and oxygen atoms in total. The third-order valence-electron chi connectivity index (χ3n) is 13.1. The highest BCUT2D eigenvalue weighted by Crippen LogP contribution is 2.54. The second kappa shape index (κ2) is 26.3. The van der Waals surface area contributed by atoms with Crippen LogP contribution in [0, 0.1) is 0 Å². The Labute approximate surface area is 454 Å². The zero-order valence-corrected chi connectivity index (χ0v) is 46.0. The molecule has 0 saturated heterocycles. The highest BCUT2D eigenvalue weighted by molar-refractivity contribution is 5.99. The first kappa shape index (κ1) is 56.9. The van der Waals surface area contributed by atoms with Crippen molar-refractivity contribution in [3.63, 3.8) is 0 Å². The van der Waals surface area contributed by atoms with Gasteiger partial charge in [-0.3, -0.25) is 14.4 Å². The lowest BCUT2D eigenvalue weighted by Gasteiger charge is -2.30. The summed E-state index contributed by atoms with van der Waals surface area (Å²) in [6.45, 7) is 7.84. The summed E-state index contributed by atoms with van der Waals surface area (Å²) in [5.74, 6) is 6.14. The minimum absolute atomic E-state index is 0.0666. The van der Waals surface area contributed by atoms with Gasteiger partial charge in [-0.2, -0.15) is 0 Å². The van der Waals surface area contributed by atoms with Crippen LogP contribution in [0.4, 0.5) is 11.4 Å². The maximum Gasteiger partial charge on any atom is 0.251 e. The molecule has 0 fully saturated rings. The Balaban J connectivity index is 0.000000165. The molecule has 10 rings (SSSR count). The van der Waals surface area contributed by atoms with Gasteiger partial charge in [0.25, 0.3) is 5.56 Å². The topological polar surface area (TPSA) is 208 Å². The molecule has 3 aliphatic heterocycles. The normalized spacial score (nSPS) is 14.4. The average Bonchev–Trinajstić information content (AvgIpc) is 4.07. The van der Waals surface area contributed by atoms with E-state index in [1.54, 1.807) is 79.6 Å². The van der Waals surface area contributed by atoms with Gasteiger partial charge in [0.05, 0.1) is 79.9 Å². The van der Waals surface area contributed by atoms with Crippen LogP contribution in [0.1, 0.15) is 67.7 Å². The van der Waals surface area contributed by atoms with E-state index in [1.807, 2.05) is 106 Å². The number of anilines is 2. The molecule has 0 aliphatic carbocycles. The Kier molecular flexibility index (Phi) is 19.2. The van der Waals surface area contributed by atoms with Crippen molar-refractivity contribution in [2.45, 2.75) is 45.4 Å². The van der Waals surface area contributed by atoms with E-state index in [4.69, 9.17) is 57.8 Å². The molecule has 18 heteroatoms. The smallest absolute Gasteiger partial charge is 0.251 e. The van der Waals surface area contributed by atoms with Gasteiger partial charge in [0.1, 0.15) is 17.2 Å². The minimum Gasteiger partial charge on any atom is -0.496 e. The van der Waals surface area contributed by atoms with E-state index in [9.17, 15) is 14.4 Å². The Morgan fingerprint density at radius 1 is 0.526 bits per heavy atom. The fourth-order valence-corrected chi connectivity index (χ4v) is 9.81. The van der Waals surface area contributed by atoms with E-state index in [2.05, 4.69) is 10.6 Å². The predicted molar refractivity (Wildman–Crippen MR) is 300 cm³/mol. The summed E-state index contributed by atoms with van der Waals surface area (Å²) < 4.78 is 62.7. The number of nitrogens with zero attached hydrogens (tertiary/aromatic N) is 1. The molecule has 2 unspecified atom stereocenters. The van der Waals surface area contributed by atoms with Gasteiger partial charge >= 0.3 is 0 Å². The number of carbonyl (C=O) groups excluding carboxylic acids is 2. The van der Waals surface area contributed by atoms with Crippen LogP contribution in [0.3, 0.4) is 0 Å². The molecular formula is C60H68N4O14. The summed E-state index contributed by atoms with van der Waals surface area (Å²) in [5.41, 5.74) is 12.2. The Hall–Kier alpha value is -8.77. The summed E-state index contributed by atoms with van der Waals surface area (Å²) in [6, 6.07) is 32.1. The zero-order chi connectivity index (χ0) is 56.0. The van der Waals surface area contributed by atoms with Gasteiger partial charge in [-0.25, -0.2) is 0 Å². The number of hydrogen-bond acceptors (Lipinski definition) is 15. The molecule has 6 aromatic carbocycles. The molecule has 2 amide bonds. The number of fused-ring (bicyclic) bond motifs is 4. The lowest BCUT2D eigenvalue weighted by molar-refractivity contribution is -0.117. The van der Waals surface area contributed by atoms with Gasteiger partial charge in [0.2, 0.25) is 30.1 Å². The first-order valence-corrected chi connectivity index (χ1v) is 25.3. The average molecular weight is 1070 g/mol. The first-order chi connectivity index (χ1) is 37.9. The number of ether oxygens (including phenoxy) is 11. The van der Waals surface area contributed by atoms with Crippen molar-refractivity contribution in [1.29, 1.82) is 0 Å². The molecule has 0 radical (unpaired) electrons. The summed E-state index contributed by atoms with van der Waals surface area (Å²) in [5, 5.41) is 6.74. The lowest BCUT2D eigenvalue weighted by atomic mass is 9.83. The number of aromatic nitrogens is 1. The van der Waals surface area contributed by atoms with E-state index >= 15 is 0 Å². The number of benzene rings is 6. The maximum absolute atomic E-state index is 12.4. The Morgan fingerprint density at radius 3 is 1.45 bits per heavy atom. The van der Waals surface area contributed by atoms with Crippen molar-refractivity contribution in [2.24, 2.45) is 12.8 Å². The number of amides is 2. The predicted octanol–water partition coefficient (Wildman–Crippen LogP) is 10.1. The Morgan fingerprint density at radius 2 is 0.962 bits per heavy atom. The van der Waals surface area contributed by atoms with Crippen LogP contribution in [0.25, 0.3) is 22.0 Å². The van der Waals surface area contributed by atoms with E-state index < -0.39 is 0 Å². The van der Waals surface area contributed by atoms with Gasteiger partial charge in [0.15, 0.2) is 34.5 Å². The molecule has 78 heavy (non-hydrogen) atoms. The maximum atomic E-state index is 12.4. The molecular weight excluding hydrogens is 1000 g/mol. The lowest BCUT2D eigenvalue weighted by Crippen LogP contribution is -2.24. The largest absolute Gasteiger partial charge is 0.496 e. The van der Waals surface area contributed by atoms with Gasteiger partial charge in [-0.15, -0.1) is 0 Å². The summed E-state index contributed by atoms with van der Waals surface area (Å²) in [7, 11) is 12.8. The first-order valence-electron chi connectivity index (χ1n) is 25.3. The number of pyridine rings is 1. The van der Waals surface area contributed by atoms with Gasteiger partial charge < -0.3 is 73.0 Å². The standard InChI is InChI=1S/C20H23NO5.C19H21NO5.C19H17NO4.C2H7N/c1-5-26-15-9-7-6-8-12(15)13-10-17(22)21-14-11-16(23-2)19(24-3)20(25-4)18(13)14;1-22-14-8-6-5-7-11(14)12-9-16(21)20-13-10-15(23-2)18(24-3)19(25-4)17(12)13;1-3-22-16-7-5-4-6-12(16)13-9-19(21)20(2)15-10-18-17(8-14(13)15)23-11-24-18;1-2-3/h6-9,11,13H,5,10H2,1-4H3,(H,21,22);5-8,10,12H,9H2,1-4H3,(H,20,21);4-10H,3,11H2,1-2H3;2-3H2,1H3. The molecule has 3 aliphatic rings. The minimum atomic E-state index is -0.213. The summed E-state index contributed by atoms with van der Waals surface area (Å²) in [6.07, 6.45) is 0.585. The molecule has 7 aromatic rings. The second-order valence-electron chi connectivity index (χ2n) is 17.6. The SMILES string of the molecule is CCN.CCOc1ccccc1-c1cc(=O)n(C)c2cc3c(cc12)OCO3.CCOc1ccccc1C1CC(=O)Nc2cc(OC)c(OC)c(OC)c21.COc1ccccc1C1CC(=O)Nc2cc(OC)c(OC)c(OC)c21. The number of nitrogens with two attached hydrogens (primary N) is 1. The molecule has 412 valence electrons.